The standard InChI is InChI=1S/C21H24FN9O11P2/c22-9-13-21(39-18(9)30-4-28-10-8(23)1-2-25-16(10)30)38-7-44(35,36)42-14-12(32)20(37-6-43(33,34)41-13)40-19(14)31-5-29-11-15(24)26-3-27-17(11)31/h1-5,9,12-14,18-21,32H,6-7H2,(H2,23,25)(H,33,34)(H,35,36)(H2,24,26,27)/t9?,12-,13-,14?,18-,19-,20+,21+/m1/s1. The second-order valence-electron chi connectivity index (χ2n) is 10.0. The summed E-state index contributed by atoms with van der Waals surface area (Å²) in [5, 5.41) is 11.0. The molecule has 4 unspecified atom stereocenters. The van der Waals surface area contributed by atoms with Crippen molar-refractivity contribution in [3.63, 3.8) is 0 Å². The monoisotopic (exact) mass is 659 g/mol. The van der Waals surface area contributed by atoms with Gasteiger partial charge in [0.25, 0.3) is 0 Å². The Balaban J connectivity index is 1.20. The first-order chi connectivity index (χ1) is 20.9. The van der Waals surface area contributed by atoms with Crippen molar-refractivity contribution in [1.29, 1.82) is 0 Å². The van der Waals surface area contributed by atoms with Crippen molar-refractivity contribution in [1.82, 2.24) is 34.1 Å². The number of aliphatic hydroxyl groups excluding tert-OH is 1. The normalized spacial score (nSPS) is 38.3. The highest BCUT2D eigenvalue weighted by molar-refractivity contribution is 7.52. The van der Waals surface area contributed by atoms with E-state index in [9.17, 15) is 24.0 Å². The summed E-state index contributed by atoms with van der Waals surface area (Å²) in [6, 6.07) is 1.49. The molecule has 236 valence electrons. The van der Waals surface area contributed by atoms with Crippen molar-refractivity contribution < 1.29 is 56.4 Å². The number of aliphatic hydroxyl groups is 1. The summed E-state index contributed by atoms with van der Waals surface area (Å²) in [4.78, 5) is 41.7. The molecule has 3 fully saturated rings. The zero-order valence-corrected chi connectivity index (χ0v) is 23.9. The number of hydrogen-bond donors (Lipinski definition) is 5. The van der Waals surface area contributed by atoms with Gasteiger partial charge in [-0.15, -0.1) is 0 Å². The Labute approximate surface area is 244 Å². The zero-order valence-electron chi connectivity index (χ0n) is 22.1. The highest BCUT2D eigenvalue weighted by Crippen LogP contribution is 2.53. The van der Waals surface area contributed by atoms with E-state index < -0.39 is 77.4 Å². The molecule has 0 aliphatic carbocycles. The van der Waals surface area contributed by atoms with Gasteiger partial charge >= 0.3 is 15.2 Å². The number of nitrogens with zero attached hydrogens (tertiary/aromatic N) is 7. The van der Waals surface area contributed by atoms with Crippen LogP contribution < -0.4 is 11.5 Å². The van der Waals surface area contributed by atoms with E-state index in [4.69, 9.17) is 39.5 Å². The van der Waals surface area contributed by atoms with Gasteiger partial charge in [-0.05, 0) is 6.07 Å². The first kappa shape index (κ1) is 29.5. The highest BCUT2D eigenvalue weighted by atomic mass is 31.2. The van der Waals surface area contributed by atoms with E-state index in [1.54, 1.807) is 0 Å². The number of pyridine rings is 1. The smallest absolute Gasteiger partial charge is 0.354 e. The second kappa shape index (κ2) is 10.7. The molecule has 3 saturated heterocycles. The number of rotatable bonds is 2. The Kier molecular flexibility index (Phi) is 7.18. The van der Waals surface area contributed by atoms with Crippen LogP contribution in [-0.4, -0.2) is 98.7 Å². The van der Waals surface area contributed by atoms with Crippen LogP contribution in [0.1, 0.15) is 12.5 Å². The van der Waals surface area contributed by atoms with E-state index in [1.807, 2.05) is 0 Å². The third kappa shape index (κ3) is 5.05. The van der Waals surface area contributed by atoms with Gasteiger partial charge < -0.3 is 45.3 Å². The van der Waals surface area contributed by atoms with Gasteiger partial charge in [0.1, 0.15) is 29.6 Å². The van der Waals surface area contributed by atoms with Crippen LogP contribution in [0.3, 0.4) is 0 Å². The molecule has 10 atom stereocenters. The fourth-order valence-corrected chi connectivity index (χ4v) is 7.13. The predicted octanol–water partition coefficient (Wildman–Crippen LogP) is -0.0526. The van der Waals surface area contributed by atoms with Gasteiger partial charge in [-0.1, -0.05) is 0 Å². The number of hydrogen-bond acceptors (Lipinski definition) is 16. The molecule has 4 aromatic heterocycles. The highest BCUT2D eigenvalue weighted by Gasteiger charge is 2.54. The molecule has 20 nitrogen and oxygen atoms in total. The molecule has 7 heterocycles. The van der Waals surface area contributed by atoms with E-state index in [0.29, 0.717) is 0 Å². The van der Waals surface area contributed by atoms with Crippen LogP contribution in [0.25, 0.3) is 22.3 Å². The minimum absolute atomic E-state index is 0.0258. The minimum atomic E-state index is -4.84. The Bertz CT molecular complexity index is 1830. The van der Waals surface area contributed by atoms with Gasteiger partial charge in [-0.3, -0.25) is 27.3 Å². The average molecular weight is 659 g/mol. The predicted molar refractivity (Wildman–Crippen MR) is 142 cm³/mol. The molecular formula is C21H24FN9O11P2. The molecule has 7 rings (SSSR count). The lowest BCUT2D eigenvalue weighted by Crippen LogP contribution is -2.35. The number of nitrogens with two attached hydrogens (primary N) is 2. The Morgan fingerprint density at radius 1 is 0.841 bits per heavy atom. The Hall–Kier alpha value is -3.20. The SMILES string of the molecule is Nc1ncnc2c1ncn2[C@@H]1O[C@@H]2OCP(=O)(O)O[C@@H]3C(F)[C@H](n4cnc5c(N)ccnc54)O[C@@H]3OCP(=O)(O)OC1[C@H]2O. The summed E-state index contributed by atoms with van der Waals surface area (Å²) in [5.74, 6) is 0.0258. The van der Waals surface area contributed by atoms with E-state index in [1.165, 1.54) is 34.1 Å². The fraction of sp³-hybridized carbons (Fsp3) is 0.476. The molecule has 3 aliphatic rings. The van der Waals surface area contributed by atoms with Crippen LogP contribution >= 0.6 is 15.2 Å². The molecule has 7 N–H and O–H groups in total. The van der Waals surface area contributed by atoms with Gasteiger partial charge in [-0.25, -0.2) is 29.3 Å². The number of alkyl halides is 1. The van der Waals surface area contributed by atoms with Gasteiger partial charge in [0.15, 0.2) is 67.1 Å². The summed E-state index contributed by atoms with van der Waals surface area (Å²) in [6.45, 7) is 0. The second-order valence-corrected chi connectivity index (χ2v) is 13.5. The van der Waals surface area contributed by atoms with E-state index in [2.05, 4.69) is 24.9 Å². The lowest BCUT2D eigenvalue weighted by molar-refractivity contribution is -0.174. The number of halogens is 1. The third-order valence-corrected chi connectivity index (χ3v) is 9.20. The summed E-state index contributed by atoms with van der Waals surface area (Å²) in [7, 11) is -9.66. The van der Waals surface area contributed by atoms with Crippen LogP contribution in [-0.2, 0) is 37.1 Å². The molecule has 0 radical (unpaired) electrons. The molecule has 0 spiro atoms. The summed E-state index contributed by atoms with van der Waals surface area (Å²) in [6.07, 6.45) is -11.3. The van der Waals surface area contributed by atoms with Crippen LogP contribution in [0.4, 0.5) is 15.9 Å². The van der Waals surface area contributed by atoms with Crippen LogP contribution in [0.5, 0.6) is 0 Å². The summed E-state index contributed by atoms with van der Waals surface area (Å²) in [5.41, 5.74) is 12.7. The molecular weight excluding hydrogens is 635 g/mol. The topological polar surface area (TPSA) is 277 Å². The lowest BCUT2D eigenvalue weighted by Gasteiger charge is -2.26. The zero-order chi connectivity index (χ0) is 31.0. The summed E-state index contributed by atoms with van der Waals surface area (Å²) >= 11 is 0. The first-order valence-electron chi connectivity index (χ1n) is 12.8. The molecule has 0 amide bonds. The van der Waals surface area contributed by atoms with E-state index >= 15 is 4.39 Å². The van der Waals surface area contributed by atoms with Crippen molar-refractivity contribution in [3.8, 4) is 0 Å². The molecule has 44 heavy (non-hydrogen) atoms. The van der Waals surface area contributed by atoms with E-state index in [0.717, 1.165) is 6.33 Å². The molecule has 0 saturated carbocycles. The van der Waals surface area contributed by atoms with Crippen molar-refractivity contribution in [3.05, 3.63) is 31.2 Å². The first-order valence-corrected chi connectivity index (χ1v) is 16.3. The maximum Gasteiger partial charge on any atom is 0.354 e. The van der Waals surface area contributed by atoms with Gasteiger partial charge in [0.2, 0.25) is 0 Å². The number of ether oxygens (including phenoxy) is 4. The minimum Gasteiger partial charge on any atom is -0.397 e. The number of anilines is 2. The molecule has 23 heteroatoms. The quantitative estimate of drug-likeness (QED) is 0.176. The number of nitrogen functional groups attached to an aromatic ring is 2. The number of fused-ring (bicyclic) bond motifs is 5. The molecule has 3 aliphatic heterocycles. The Morgan fingerprint density at radius 3 is 2.20 bits per heavy atom. The van der Waals surface area contributed by atoms with Gasteiger partial charge in [0, 0.05) is 6.20 Å². The van der Waals surface area contributed by atoms with Crippen LogP contribution in [0, 0.1) is 0 Å². The van der Waals surface area contributed by atoms with Gasteiger partial charge in [0.05, 0.1) is 18.3 Å². The molecule has 2 bridgehead atoms. The van der Waals surface area contributed by atoms with Gasteiger partial charge in [-0.2, -0.15) is 0 Å². The molecule has 4 aromatic rings. The lowest BCUT2D eigenvalue weighted by atomic mass is 10.2. The largest absolute Gasteiger partial charge is 0.397 e. The third-order valence-electron chi connectivity index (χ3n) is 7.10. The van der Waals surface area contributed by atoms with Crippen LogP contribution in [0.2, 0.25) is 0 Å². The fourth-order valence-electron chi connectivity index (χ4n) is 5.13. The van der Waals surface area contributed by atoms with Crippen molar-refractivity contribution in [2.75, 3.05) is 24.2 Å². The number of aromatic nitrogens is 7. The maximum atomic E-state index is 15.9. The van der Waals surface area contributed by atoms with Crippen molar-refractivity contribution in [2.24, 2.45) is 0 Å². The Morgan fingerprint density at radius 2 is 1.45 bits per heavy atom. The summed E-state index contributed by atoms with van der Waals surface area (Å²) < 4.78 is 77.4. The molecule has 0 aromatic carbocycles. The van der Waals surface area contributed by atoms with Crippen molar-refractivity contribution in [2.45, 2.75) is 49.5 Å². The average Bonchev–Trinajstić information content (AvgIpc) is 3.73. The maximum absolute atomic E-state index is 15.9. The van der Waals surface area contributed by atoms with Crippen molar-refractivity contribution >= 4 is 49.0 Å². The number of imidazole rings is 2. The van der Waals surface area contributed by atoms with E-state index in [-0.39, 0.29) is 33.8 Å². The van der Waals surface area contributed by atoms with Crippen LogP contribution in [0.15, 0.2) is 31.2 Å².